The second-order valence-electron chi connectivity index (χ2n) is 4.68. The summed E-state index contributed by atoms with van der Waals surface area (Å²) in [5.41, 5.74) is 3.19. The number of benzene rings is 1. The molecule has 0 aliphatic rings. The number of nitrogens with zero attached hydrogens (tertiary/aromatic N) is 3. The Morgan fingerprint density at radius 3 is 2.76 bits per heavy atom. The van der Waals surface area contributed by atoms with Crippen LogP contribution in [0.1, 0.15) is 21.6 Å². The first-order valence-electron chi connectivity index (χ1n) is 6.43. The molecule has 0 spiro atoms. The molecule has 0 aliphatic heterocycles. The summed E-state index contributed by atoms with van der Waals surface area (Å²) < 4.78 is 1.82. The number of amides is 1. The Morgan fingerprint density at radius 2 is 2.05 bits per heavy atom. The van der Waals surface area contributed by atoms with E-state index < -0.39 is 0 Å². The number of aryl methyl sites for hydroxylation is 1. The highest BCUT2D eigenvalue weighted by Crippen LogP contribution is 2.14. The van der Waals surface area contributed by atoms with Gasteiger partial charge in [-0.15, -0.1) is 0 Å². The number of anilines is 1. The summed E-state index contributed by atoms with van der Waals surface area (Å²) in [7, 11) is 0. The predicted octanol–water partition coefficient (Wildman–Crippen LogP) is 2.77. The second-order valence-corrected chi connectivity index (χ2v) is 4.68. The lowest BCUT2D eigenvalue weighted by atomic mass is 10.2. The molecule has 0 fully saturated rings. The Hall–Kier alpha value is -3.13. The van der Waals surface area contributed by atoms with Crippen LogP contribution in [-0.4, -0.2) is 15.3 Å². The third kappa shape index (κ3) is 2.47. The Kier molecular flexibility index (Phi) is 3.13. The molecule has 1 aromatic carbocycles. The lowest BCUT2D eigenvalue weighted by Crippen LogP contribution is -2.13. The minimum absolute atomic E-state index is 0.226. The Labute approximate surface area is 121 Å². The van der Waals surface area contributed by atoms with Gasteiger partial charge in [0.1, 0.15) is 5.65 Å². The molecule has 1 amide bonds. The van der Waals surface area contributed by atoms with Crippen LogP contribution in [0.25, 0.3) is 5.65 Å². The van der Waals surface area contributed by atoms with E-state index in [1.807, 2.05) is 35.9 Å². The van der Waals surface area contributed by atoms with E-state index in [0.29, 0.717) is 22.5 Å². The first kappa shape index (κ1) is 12.9. The van der Waals surface area contributed by atoms with E-state index in [-0.39, 0.29) is 5.91 Å². The number of imidazole rings is 1. The van der Waals surface area contributed by atoms with Crippen LogP contribution in [0, 0.1) is 18.3 Å². The summed E-state index contributed by atoms with van der Waals surface area (Å²) in [4.78, 5) is 16.7. The van der Waals surface area contributed by atoms with E-state index in [9.17, 15) is 4.79 Å². The summed E-state index contributed by atoms with van der Waals surface area (Å²) in [6.45, 7) is 1.88. The van der Waals surface area contributed by atoms with E-state index in [0.717, 1.165) is 5.69 Å². The van der Waals surface area contributed by atoms with Crippen molar-refractivity contribution in [3.8, 4) is 6.07 Å². The van der Waals surface area contributed by atoms with Gasteiger partial charge in [0.15, 0.2) is 0 Å². The fourth-order valence-electron chi connectivity index (χ4n) is 2.14. The van der Waals surface area contributed by atoms with Crippen LogP contribution in [0.3, 0.4) is 0 Å². The van der Waals surface area contributed by atoms with E-state index in [4.69, 9.17) is 5.26 Å². The van der Waals surface area contributed by atoms with Gasteiger partial charge in [-0.1, -0.05) is 0 Å². The normalized spacial score (nSPS) is 10.3. The molecule has 0 aliphatic carbocycles. The monoisotopic (exact) mass is 276 g/mol. The summed E-state index contributed by atoms with van der Waals surface area (Å²) in [6, 6.07) is 12.3. The van der Waals surface area contributed by atoms with E-state index in [1.54, 1.807) is 30.3 Å². The number of pyridine rings is 1. The molecule has 21 heavy (non-hydrogen) atoms. The van der Waals surface area contributed by atoms with Crippen LogP contribution >= 0.6 is 0 Å². The Bertz CT molecular complexity index is 856. The van der Waals surface area contributed by atoms with Gasteiger partial charge in [0.25, 0.3) is 5.91 Å². The lowest BCUT2D eigenvalue weighted by molar-refractivity contribution is 0.102. The zero-order valence-electron chi connectivity index (χ0n) is 11.4. The molecule has 3 rings (SSSR count). The first-order chi connectivity index (χ1) is 10.2. The molecular weight excluding hydrogens is 264 g/mol. The number of rotatable bonds is 2. The molecule has 2 aromatic heterocycles. The van der Waals surface area contributed by atoms with Gasteiger partial charge >= 0.3 is 0 Å². The highest BCUT2D eigenvalue weighted by molar-refractivity contribution is 6.08. The van der Waals surface area contributed by atoms with Gasteiger partial charge in [0.05, 0.1) is 22.9 Å². The number of aromatic nitrogens is 2. The molecule has 1 N–H and O–H groups in total. The van der Waals surface area contributed by atoms with E-state index in [2.05, 4.69) is 10.3 Å². The molecule has 0 bridgehead atoms. The van der Waals surface area contributed by atoms with Crippen molar-refractivity contribution in [3.63, 3.8) is 0 Å². The largest absolute Gasteiger partial charge is 0.322 e. The van der Waals surface area contributed by atoms with Crippen LogP contribution in [0.2, 0.25) is 0 Å². The molecule has 2 heterocycles. The Morgan fingerprint density at radius 1 is 1.29 bits per heavy atom. The van der Waals surface area contributed by atoms with Crippen molar-refractivity contribution >= 4 is 17.2 Å². The zero-order chi connectivity index (χ0) is 14.8. The van der Waals surface area contributed by atoms with Crippen molar-refractivity contribution in [2.24, 2.45) is 0 Å². The van der Waals surface area contributed by atoms with Gasteiger partial charge in [0, 0.05) is 18.1 Å². The predicted molar refractivity (Wildman–Crippen MR) is 79.0 cm³/mol. The van der Waals surface area contributed by atoms with Gasteiger partial charge in [-0.25, -0.2) is 4.98 Å². The standard InChI is InChI=1S/C16H12N4O/c1-11-10-20-8-2-3-14(15(20)18-11)16(21)19-13-6-4-12(9-17)5-7-13/h2-8,10H,1H3,(H,19,21). The molecule has 5 heteroatoms. The fraction of sp³-hybridized carbons (Fsp3) is 0.0625. The molecule has 0 atom stereocenters. The molecule has 102 valence electrons. The summed E-state index contributed by atoms with van der Waals surface area (Å²) >= 11 is 0. The van der Waals surface area contributed by atoms with Crippen LogP contribution in [0.4, 0.5) is 5.69 Å². The molecule has 3 aromatic rings. The van der Waals surface area contributed by atoms with Crippen LogP contribution in [0.5, 0.6) is 0 Å². The molecule has 0 unspecified atom stereocenters. The number of fused-ring (bicyclic) bond motifs is 1. The van der Waals surface area contributed by atoms with Crippen LogP contribution in [0.15, 0.2) is 48.8 Å². The summed E-state index contributed by atoms with van der Waals surface area (Å²) in [6.07, 6.45) is 3.72. The highest BCUT2D eigenvalue weighted by Gasteiger charge is 2.12. The molecule has 5 nitrogen and oxygen atoms in total. The van der Waals surface area contributed by atoms with Crippen molar-refractivity contribution in [3.05, 3.63) is 65.6 Å². The van der Waals surface area contributed by atoms with Gasteiger partial charge < -0.3 is 9.72 Å². The summed E-state index contributed by atoms with van der Waals surface area (Å²) in [5.74, 6) is -0.226. The number of hydrogen-bond acceptors (Lipinski definition) is 3. The maximum atomic E-state index is 12.4. The van der Waals surface area contributed by atoms with Crippen molar-refractivity contribution in [2.75, 3.05) is 5.32 Å². The van der Waals surface area contributed by atoms with Gasteiger partial charge in [-0.05, 0) is 43.3 Å². The number of carbonyl (C=O) groups is 1. The molecule has 0 radical (unpaired) electrons. The third-order valence-electron chi connectivity index (χ3n) is 3.12. The van der Waals surface area contributed by atoms with E-state index >= 15 is 0 Å². The van der Waals surface area contributed by atoms with Crippen molar-refractivity contribution in [1.82, 2.24) is 9.38 Å². The van der Waals surface area contributed by atoms with Crippen molar-refractivity contribution in [1.29, 1.82) is 5.26 Å². The minimum atomic E-state index is -0.226. The van der Waals surface area contributed by atoms with Gasteiger partial charge in [-0.3, -0.25) is 4.79 Å². The van der Waals surface area contributed by atoms with Gasteiger partial charge in [0.2, 0.25) is 0 Å². The molecule has 0 saturated heterocycles. The Balaban J connectivity index is 1.91. The SMILES string of the molecule is Cc1cn2cccc(C(=O)Nc3ccc(C#N)cc3)c2n1. The summed E-state index contributed by atoms with van der Waals surface area (Å²) in [5, 5.41) is 11.6. The lowest BCUT2D eigenvalue weighted by Gasteiger charge is -2.06. The quantitative estimate of drug-likeness (QED) is 0.782. The van der Waals surface area contributed by atoms with Gasteiger partial charge in [-0.2, -0.15) is 5.26 Å². The van der Waals surface area contributed by atoms with Crippen molar-refractivity contribution in [2.45, 2.75) is 6.92 Å². The van der Waals surface area contributed by atoms with Crippen molar-refractivity contribution < 1.29 is 4.79 Å². The smallest absolute Gasteiger partial charge is 0.259 e. The number of hydrogen-bond donors (Lipinski definition) is 1. The second kappa shape index (κ2) is 5.10. The van der Waals surface area contributed by atoms with Crippen LogP contribution in [-0.2, 0) is 0 Å². The number of nitriles is 1. The third-order valence-corrected chi connectivity index (χ3v) is 3.12. The maximum absolute atomic E-state index is 12.4. The minimum Gasteiger partial charge on any atom is -0.322 e. The average molecular weight is 276 g/mol. The average Bonchev–Trinajstić information content (AvgIpc) is 2.87. The zero-order valence-corrected chi connectivity index (χ0v) is 11.4. The van der Waals surface area contributed by atoms with E-state index in [1.165, 1.54) is 0 Å². The highest BCUT2D eigenvalue weighted by atomic mass is 16.1. The fourth-order valence-corrected chi connectivity index (χ4v) is 2.14. The topological polar surface area (TPSA) is 70.2 Å². The maximum Gasteiger partial charge on any atom is 0.259 e. The first-order valence-corrected chi connectivity index (χ1v) is 6.43. The molecular formula is C16H12N4O. The molecule has 0 saturated carbocycles. The number of carbonyl (C=O) groups excluding carboxylic acids is 1. The van der Waals surface area contributed by atoms with Crippen LogP contribution < -0.4 is 5.32 Å². The number of nitrogens with one attached hydrogen (secondary N) is 1.